The Morgan fingerprint density at radius 1 is 1.32 bits per heavy atom. The van der Waals surface area contributed by atoms with E-state index in [2.05, 4.69) is 16.7 Å². The van der Waals surface area contributed by atoms with Crippen LogP contribution in [0.2, 0.25) is 0 Å². The number of ether oxygens (including phenoxy) is 1. The van der Waals surface area contributed by atoms with Gasteiger partial charge in [0.05, 0.1) is 0 Å². The van der Waals surface area contributed by atoms with E-state index in [1.54, 1.807) is 0 Å². The van der Waals surface area contributed by atoms with E-state index in [0.717, 1.165) is 49.4 Å². The van der Waals surface area contributed by atoms with Gasteiger partial charge in [0, 0.05) is 37.6 Å². The summed E-state index contributed by atoms with van der Waals surface area (Å²) in [6.45, 7) is 5.24. The minimum Gasteiger partial charge on any atom is -0.382 e. The van der Waals surface area contributed by atoms with Gasteiger partial charge in [0.1, 0.15) is 0 Å². The number of rotatable bonds is 3. The van der Waals surface area contributed by atoms with Crippen LogP contribution in [-0.2, 0) is 9.53 Å². The summed E-state index contributed by atoms with van der Waals surface area (Å²) in [5.74, 6) is -0.0373. The van der Waals surface area contributed by atoms with Crippen molar-refractivity contribution in [3.8, 4) is 0 Å². The monoisotopic (exact) mass is 262 g/mol. The predicted octanol–water partition coefficient (Wildman–Crippen LogP) is 2.93. The normalized spacial score (nSPS) is 19.6. The number of benzene rings is 1. The highest BCUT2D eigenvalue weighted by atomic mass is 16.5. The largest absolute Gasteiger partial charge is 0.382 e. The van der Waals surface area contributed by atoms with Gasteiger partial charge in [-0.05, 0) is 49.9 Å². The molecule has 1 aromatic rings. The molecule has 0 bridgehead atoms. The molecule has 2 N–H and O–H groups in total. The summed E-state index contributed by atoms with van der Waals surface area (Å²) in [6, 6.07) is 6.53. The SMILES string of the molecule is CC(=O)Nc1ccc(NC2CCCOCC2)cc1C. The van der Waals surface area contributed by atoms with E-state index in [-0.39, 0.29) is 5.91 Å². The number of aryl methyl sites for hydroxylation is 1. The lowest BCUT2D eigenvalue weighted by Gasteiger charge is -2.18. The molecule has 0 radical (unpaired) electrons. The molecule has 1 heterocycles. The molecule has 19 heavy (non-hydrogen) atoms. The maximum atomic E-state index is 11.1. The lowest BCUT2D eigenvalue weighted by molar-refractivity contribution is -0.114. The molecule has 4 nitrogen and oxygen atoms in total. The van der Waals surface area contributed by atoms with Crippen molar-refractivity contribution in [3.63, 3.8) is 0 Å². The van der Waals surface area contributed by atoms with Crippen LogP contribution in [0, 0.1) is 6.92 Å². The number of carbonyl (C=O) groups excluding carboxylic acids is 1. The van der Waals surface area contributed by atoms with Crippen molar-refractivity contribution in [2.24, 2.45) is 0 Å². The molecule has 1 aromatic carbocycles. The Labute approximate surface area is 114 Å². The molecule has 1 aliphatic rings. The molecular formula is C15H22N2O2. The number of anilines is 2. The first-order valence-electron chi connectivity index (χ1n) is 6.87. The van der Waals surface area contributed by atoms with E-state index < -0.39 is 0 Å². The number of amides is 1. The molecular weight excluding hydrogens is 240 g/mol. The van der Waals surface area contributed by atoms with E-state index in [0.29, 0.717) is 6.04 Å². The molecule has 1 unspecified atom stereocenters. The van der Waals surface area contributed by atoms with Crippen LogP contribution >= 0.6 is 0 Å². The standard InChI is InChI=1S/C15H22N2O2/c1-11-10-14(5-6-15(11)16-12(2)18)17-13-4-3-8-19-9-7-13/h5-6,10,13,17H,3-4,7-9H2,1-2H3,(H,16,18). The minimum absolute atomic E-state index is 0.0373. The zero-order chi connectivity index (χ0) is 13.7. The molecule has 0 aliphatic carbocycles. The second kappa shape index (κ2) is 6.57. The van der Waals surface area contributed by atoms with Crippen LogP contribution in [0.1, 0.15) is 31.7 Å². The number of nitrogens with one attached hydrogen (secondary N) is 2. The van der Waals surface area contributed by atoms with Gasteiger partial charge in [0.2, 0.25) is 5.91 Å². The lowest BCUT2D eigenvalue weighted by atomic mass is 10.1. The molecule has 1 aliphatic heterocycles. The van der Waals surface area contributed by atoms with Crippen LogP contribution in [0.15, 0.2) is 18.2 Å². The average Bonchev–Trinajstić information content (AvgIpc) is 2.61. The van der Waals surface area contributed by atoms with Gasteiger partial charge in [-0.25, -0.2) is 0 Å². The maximum Gasteiger partial charge on any atom is 0.221 e. The summed E-state index contributed by atoms with van der Waals surface area (Å²) in [5.41, 5.74) is 3.06. The van der Waals surface area contributed by atoms with E-state index in [9.17, 15) is 4.79 Å². The second-order valence-electron chi connectivity index (χ2n) is 5.10. The number of carbonyl (C=O) groups is 1. The van der Waals surface area contributed by atoms with Crippen molar-refractivity contribution < 1.29 is 9.53 Å². The Morgan fingerprint density at radius 3 is 2.89 bits per heavy atom. The van der Waals surface area contributed by atoms with Gasteiger partial charge < -0.3 is 15.4 Å². The van der Waals surface area contributed by atoms with Gasteiger partial charge >= 0.3 is 0 Å². The topological polar surface area (TPSA) is 50.4 Å². The second-order valence-corrected chi connectivity index (χ2v) is 5.10. The first-order chi connectivity index (χ1) is 9.15. The van der Waals surface area contributed by atoms with Crippen LogP contribution in [0.5, 0.6) is 0 Å². The minimum atomic E-state index is -0.0373. The van der Waals surface area contributed by atoms with Gasteiger partial charge in [-0.15, -0.1) is 0 Å². The Balaban J connectivity index is 2.00. The predicted molar refractivity (Wildman–Crippen MR) is 77.6 cm³/mol. The first kappa shape index (κ1) is 13.9. The van der Waals surface area contributed by atoms with Crippen molar-refractivity contribution in [1.82, 2.24) is 0 Å². The fraction of sp³-hybridized carbons (Fsp3) is 0.533. The smallest absolute Gasteiger partial charge is 0.221 e. The zero-order valence-corrected chi connectivity index (χ0v) is 11.7. The summed E-state index contributed by atoms with van der Waals surface area (Å²) in [4.78, 5) is 11.1. The highest BCUT2D eigenvalue weighted by molar-refractivity contribution is 5.89. The molecule has 1 atom stereocenters. The van der Waals surface area contributed by atoms with Crippen LogP contribution < -0.4 is 10.6 Å². The molecule has 1 fully saturated rings. The van der Waals surface area contributed by atoms with Gasteiger partial charge in [0.15, 0.2) is 0 Å². The van der Waals surface area contributed by atoms with Crippen LogP contribution in [0.25, 0.3) is 0 Å². The fourth-order valence-corrected chi connectivity index (χ4v) is 2.37. The third-order valence-electron chi connectivity index (χ3n) is 3.36. The van der Waals surface area contributed by atoms with Crippen LogP contribution in [0.4, 0.5) is 11.4 Å². The Hall–Kier alpha value is -1.55. The number of hydrogen-bond acceptors (Lipinski definition) is 3. The quantitative estimate of drug-likeness (QED) is 0.880. The molecule has 1 amide bonds. The molecule has 104 valence electrons. The van der Waals surface area contributed by atoms with Gasteiger partial charge in [-0.3, -0.25) is 4.79 Å². The van der Waals surface area contributed by atoms with Gasteiger partial charge in [-0.2, -0.15) is 0 Å². The van der Waals surface area contributed by atoms with Crippen molar-refractivity contribution in [2.75, 3.05) is 23.8 Å². The van der Waals surface area contributed by atoms with Crippen molar-refractivity contribution in [2.45, 2.75) is 39.2 Å². The lowest BCUT2D eigenvalue weighted by Crippen LogP contribution is -2.19. The highest BCUT2D eigenvalue weighted by Gasteiger charge is 2.12. The third-order valence-corrected chi connectivity index (χ3v) is 3.36. The third kappa shape index (κ3) is 4.24. The highest BCUT2D eigenvalue weighted by Crippen LogP contribution is 2.22. The van der Waals surface area contributed by atoms with Crippen LogP contribution in [-0.4, -0.2) is 25.2 Å². The zero-order valence-electron chi connectivity index (χ0n) is 11.7. The van der Waals surface area contributed by atoms with E-state index in [1.165, 1.54) is 6.92 Å². The summed E-state index contributed by atoms with van der Waals surface area (Å²) in [5, 5.41) is 6.38. The summed E-state index contributed by atoms with van der Waals surface area (Å²) >= 11 is 0. The first-order valence-corrected chi connectivity index (χ1v) is 6.87. The summed E-state index contributed by atoms with van der Waals surface area (Å²) in [6.07, 6.45) is 3.31. The molecule has 0 spiro atoms. The summed E-state index contributed by atoms with van der Waals surface area (Å²) in [7, 11) is 0. The van der Waals surface area contributed by atoms with Crippen molar-refractivity contribution >= 4 is 17.3 Å². The molecule has 4 heteroatoms. The number of hydrogen-bond donors (Lipinski definition) is 2. The Bertz CT molecular complexity index is 438. The van der Waals surface area contributed by atoms with Crippen molar-refractivity contribution in [3.05, 3.63) is 23.8 Å². The maximum absolute atomic E-state index is 11.1. The fourth-order valence-electron chi connectivity index (χ4n) is 2.37. The molecule has 0 saturated carbocycles. The van der Waals surface area contributed by atoms with E-state index >= 15 is 0 Å². The van der Waals surface area contributed by atoms with Gasteiger partial charge in [0.25, 0.3) is 0 Å². The molecule has 2 rings (SSSR count). The van der Waals surface area contributed by atoms with Crippen molar-refractivity contribution in [1.29, 1.82) is 0 Å². The van der Waals surface area contributed by atoms with E-state index in [4.69, 9.17) is 4.74 Å². The Morgan fingerprint density at radius 2 is 2.16 bits per heavy atom. The Kier molecular flexibility index (Phi) is 4.80. The van der Waals surface area contributed by atoms with Gasteiger partial charge in [-0.1, -0.05) is 0 Å². The molecule has 1 saturated heterocycles. The van der Waals surface area contributed by atoms with E-state index in [1.807, 2.05) is 19.1 Å². The molecule has 0 aromatic heterocycles. The average molecular weight is 262 g/mol. The summed E-state index contributed by atoms with van der Waals surface area (Å²) < 4.78 is 5.46. The van der Waals surface area contributed by atoms with Crippen LogP contribution in [0.3, 0.4) is 0 Å².